The summed E-state index contributed by atoms with van der Waals surface area (Å²) in [4.78, 5) is 2.10. The highest BCUT2D eigenvalue weighted by Crippen LogP contribution is 2.13. The Labute approximate surface area is 80.0 Å². The quantitative estimate of drug-likeness (QED) is 0.630. The van der Waals surface area contributed by atoms with Gasteiger partial charge in [-0.2, -0.15) is 8.42 Å². The molecule has 4 nitrogen and oxygen atoms in total. The van der Waals surface area contributed by atoms with Crippen molar-refractivity contribution in [2.24, 2.45) is 0 Å². The maximum Gasteiger partial charge on any atom is 0.267 e. The van der Waals surface area contributed by atoms with Crippen LogP contribution in [0.2, 0.25) is 0 Å². The van der Waals surface area contributed by atoms with Gasteiger partial charge >= 0.3 is 0 Å². The second-order valence-electron chi connectivity index (χ2n) is 3.47. The molecule has 0 spiro atoms. The van der Waals surface area contributed by atoms with E-state index in [-0.39, 0.29) is 11.9 Å². The van der Waals surface area contributed by atoms with E-state index in [2.05, 4.69) is 4.90 Å². The van der Waals surface area contributed by atoms with E-state index in [9.17, 15) is 8.42 Å². The van der Waals surface area contributed by atoms with Crippen LogP contribution < -0.4 is 0 Å². The third-order valence-electron chi connectivity index (χ3n) is 2.22. The minimum Gasteiger partial charge on any atom is -0.304 e. The molecule has 0 aliphatic carbocycles. The predicted molar refractivity (Wildman–Crippen MR) is 51.1 cm³/mol. The molecule has 0 amide bonds. The van der Waals surface area contributed by atoms with Crippen LogP contribution in [-0.2, 0) is 14.3 Å². The van der Waals surface area contributed by atoms with Gasteiger partial charge in [0.15, 0.2) is 0 Å². The average Bonchev–Trinajstić information content (AvgIpc) is 2.03. The molecule has 78 valence electrons. The van der Waals surface area contributed by atoms with Crippen LogP contribution in [0.25, 0.3) is 0 Å². The van der Waals surface area contributed by atoms with Crippen molar-refractivity contribution < 1.29 is 12.6 Å². The molecule has 0 radical (unpaired) electrons. The number of hydrogen-bond acceptors (Lipinski definition) is 4. The van der Waals surface area contributed by atoms with E-state index in [0.29, 0.717) is 0 Å². The highest BCUT2D eigenvalue weighted by molar-refractivity contribution is 7.86. The molecule has 0 aromatic rings. The molecule has 13 heavy (non-hydrogen) atoms. The maximum atomic E-state index is 11.1. The Kier molecular flexibility index (Phi) is 3.70. The third kappa shape index (κ3) is 3.62. The summed E-state index contributed by atoms with van der Waals surface area (Å²) >= 11 is 0. The van der Waals surface area contributed by atoms with E-state index in [1.54, 1.807) is 6.92 Å². The first kappa shape index (κ1) is 10.9. The Morgan fingerprint density at radius 2 is 2.23 bits per heavy atom. The van der Waals surface area contributed by atoms with Gasteiger partial charge in [0, 0.05) is 6.54 Å². The van der Waals surface area contributed by atoms with Gasteiger partial charge in [0.05, 0.1) is 11.9 Å². The van der Waals surface area contributed by atoms with E-state index < -0.39 is 10.1 Å². The van der Waals surface area contributed by atoms with E-state index in [0.717, 1.165) is 25.9 Å². The van der Waals surface area contributed by atoms with Crippen molar-refractivity contribution in [2.45, 2.75) is 25.9 Å². The van der Waals surface area contributed by atoms with Crippen LogP contribution in [0.1, 0.15) is 19.8 Å². The van der Waals surface area contributed by atoms with Gasteiger partial charge < -0.3 is 4.90 Å². The Morgan fingerprint density at radius 1 is 1.54 bits per heavy atom. The van der Waals surface area contributed by atoms with Crippen LogP contribution in [-0.4, -0.2) is 45.3 Å². The van der Waals surface area contributed by atoms with Crippen LogP contribution >= 0.6 is 0 Å². The summed E-state index contributed by atoms with van der Waals surface area (Å²) in [5.41, 5.74) is 0. The number of hydrogen-bond donors (Lipinski definition) is 0. The van der Waals surface area contributed by atoms with Crippen molar-refractivity contribution in [1.29, 1.82) is 0 Å². The fourth-order valence-corrected chi connectivity index (χ4v) is 2.18. The van der Waals surface area contributed by atoms with Crippen LogP contribution in [0, 0.1) is 0 Å². The summed E-state index contributed by atoms with van der Waals surface area (Å²) in [6.45, 7) is 3.35. The highest BCUT2D eigenvalue weighted by Gasteiger charge is 2.22. The second-order valence-corrected chi connectivity index (χ2v) is 5.35. The van der Waals surface area contributed by atoms with Gasteiger partial charge in [-0.05, 0) is 33.4 Å². The standard InChI is InChI=1S/C8H17NO3S/c1-3-13(10,11)12-8-5-4-6-9(2)7-8/h8H,3-7H2,1-2H3. The van der Waals surface area contributed by atoms with Gasteiger partial charge in [-0.3, -0.25) is 4.18 Å². The van der Waals surface area contributed by atoms with Crippen molar-refractivity contribution in [3.8, 4) is 0 Å². The highest BCUT2D eigenvalue weighted by atomic mass is 32.2. The zero-order valence-electron chi connectivity index (χ0n) is 8.19. The normalized spacial score (nSPS) is 26.2. The molecule has 0 saturated carbocycles. The minimum absolute atomic E-state index is 0.0627. The molecule has 1 heterocycles. The fourth-order valence-electron chi connectivity index (χ4n) is 1.47. The molecule has 1 saturated heterocycles. The Balaban J connectivity index is 2.45. The van der Waals surface area contributed by atoms with Gasteiger partial charge in [0.2, 0.25) is 0 Å². The first-order valence-electron chi connectivity index (χ1n) is 4.63. The predicted octanol–water partition coefficient (Wildman–Crippen LogP) is 0.447. The summed E-state index contributed by atoms with van der Waals surface area (Å²) in [7, 11) is -1.29. The van der Waals surface area contributed by atoms with E-state index in [4.69, 9.17) is 4.18 Å². The van der Waals surface area contributed by atoms with Crippen LogP contribution in [0.15, 0.2) is 0 Å². The summed E-state index contributed by atoms with van der Waals surface area (Å²) in [5.74, 6) is 0.0627. The first-order valence-corrected chi connectivity index (χ1v) is 6.21. The number of piperidine rings is 1. The molecular formula is C8H17NO3S. The average molecular weight is 207 g/mol. The summed E-state index contributed by atoms with van der Waals surface area (Å²) in [6.07, 6.45) is 1.73. The molecule has 1 fully saturated rings. The number of likely N-dealkylation sites (tertiary alicyclic amines) is 1. The topological polar surface area (TPSA) is 46.6 Å². The van der Waals surface area contributed by atoms with Crippen molar-refractivity contribution in [1.82, 2.24) is 4.90 Å². The lowest BCUT2D eigenvalue weighted by atomic mass is 10.1. The smallest absolute Gasteiger partial charge is 0.267 e. The van der Waals surface area contributed by atoms with Crippen LogP contribution in [0.5, 0.6) is 0 Å². The molecule has 1 atom stereocenters. The van der Waals surface area contributed by atoms with Crippen molar-refractivity contribution in [3.63, 3.8) is 0 Å². The summed E-state index contributed by atoms with van der Waals surface area (Å²) < 4.78 is 27.3. The monoisotopic (exact) mass is 207 g/mol. The number of likely N-dealkylation sites (N-methyl/N-ethyl adjacent to an activating group) is 1. The van der Waals surface area contributed by atoms with Gasteiger partial charge in [-0.15, -0.1) is 0 Å². The van der Waals surface area contributed by atoms with Crippen molar-refractivity contribution >= 4 is 10.1 Å². The van der Waals surface area contributed by atoms with Gasteiger partial charge in [0.1, 0.15) is 0 Å². The van der Waals surface area contributed by atoms with Gasteiger partial charge in [0.25, 0.3) is 10.1 Å². The summed E-state index contributed by atoms with van der Waals surface area (Å²) in [6, 6.07) is 0. The Morgan fingerprint density at radius 3 is 2.77 bits per heavy atom. The third-order valence-corrected chi connectivity index (χ3v) is 3.49. The zero-order valence-corrected chi connectivity index (χ0v) is 9.01. The molecule has 1 aliphatic rings. The van der Waals surface area contributed by atoms with Gasteiger partial charge in [-0.1, -0.05) is 0 Å². The Hall–Kier alpha value is -0.130. The van der Waals surface area contributed by atoms with E-state index >= 15 is 0 Å². The second kappa shape index (κ2) is 4.39. The van der Waals surface area contributed by atoms with E-state index in [1.807, 2.05) is 7.05 Å². The van der Waals surface area contributed by atoms with Crippen LogP contribution in [0.3, 0.4) is 0 Å². The molecule has 0 aromatic carbocycles. The molecule has 0 aromatic heterocycles. The lowest BCUT2D eigenvalue weighted by molar-refractivity contribution is 0.110. The lowest BCUT2D eigenvalue weighted by Gasteiger charge is -2.28. The van der Waals surface area contributed by atoms with Crippen LogP contribution in [0.4, 0.5) is 0 Å². The van der Waals surface area contributed by atoms with E-state index in [1.165, 1.54) is 0 Å². The first-order chi connectivity index (χ1) is 6.03. The number of nitrogens with zero attached hydrogens (tertiary/aromatic N) is 1. The molecule has 1 rings (SSSR count). The Bertz CT molecular complexity index is 250. The summed E-state index contributed by atoms with van der Waals surface area (Å²) in [5, 5.41) is 0. The lowest BCUT2D eigenvalue weighted by Crippen LogP contribution is -2.38. The molecule has 0 bridgehead atoms. The number of rotatable bonds is 3. The zero-order chi connectivity index (χ0) is 9.90. The molecule has 5 heteroatoms. The molecule has 1 aliphatic heterocycles. The fraction of sp³-hybridized carbons (Fsp3) is 1.00. The maximum absolute atomic E-state index is 11.1. The van der Waals surface area contributed by atoms with Gasteiger partial charge in [-0.25, -0.2) is 0 Å². The molecular weight excluding hydrogens is 190 g/mol. The minimum atomic E-state index is -3.27. The SMILES string of the molecule is CCS(=O)(=O)OC1CCCN(C)C1. The largest absolute Gasteiger partial charge is 0.304 e. The molecule has 0 N–H and O–H groups in total. The van der Waals surface area contributed by atoms with Crippen molar-refractivity contribution in [2.75, 3.05) is 25.9 Å². The molecule has 1 unspecified atom stereocenters. The van der Waals surface area contributed by atoms with Crippen molar-refractivity contribution in [3.05, 3.63) is 0 Å².